The van der Waals surface area contributed by atoms with Gasteiger partial charge in [0.1, 0.15) is 0 Å². The maximum atomic E-state index is 12.0. The molecule has 1 amide bonds. The number of rotatable bonds is 5. The van der Waals surface area contributed by atoms with Crippen LogP contribution in [0.1, 0.15) is 30.8 Å². The number of benzene rings is 1. The fraction of sp³-hybridized carbons (Fsp3) is 0.333. The second kappa shape index (κ2) is 6.18. The predicted molar refractivity (Wildman–Crippen MR) is 73.7 cm³/mol. The largest absolute Gasteiger partial charge is 0.443 e. The first-order valence-electron chi connectivity index (χ1n) is 6.45. The molecule has 0 unspecified atom stereocenters. The van der Waals surface area contributed by atoms with Gasteiger partial charge in [-0.15, -0.1) is 0 Å². The van der Waals surface area contributed by atoms with Crippen molar-refractivity contribution in [2.75, 3.05) is 6.54 Å². The Balaban J connectivity index is 2.09. The number of hydrogen-bond donors (Lipinski definition) is 1. The third-order valence-electron chi connectivity index (χ3n) is 2.83. The average molecular weight is 258 g/mol. The molecule has 0 saturated carbocycles. The zero-order valence-corrected chi connectivity index (χ0v) is 11.2. The minimum absolute atomic E-state index is 0.187. The number of aromatic nitrogens is 1. The Morgan fingerprint density at radius 1 is 1.32 bits per heavy atom. The standard InChI is InChI=1S/C15H18N2O2/c1-11(2)8-9-16-15(18)13-14(19-10-17-13)12-6-4-3-5-7-12/h3-7,10-11H,8-9H2,1-2H3,(H,16,18). The summed E-state index contributed by atoms with van der Waals surface area (Å²) in [6.45, 7) is 4.90. The molecule has 4 heteroatoms. The highest BCUT2D eigenvalue weighted by atomic mass is 16.3. The van der Waals surface area contributed by atoms with Crippen molar-refractivity contribution in [3.05, 3.63) is 42.4 Å². The van der Waals surface area contributed by atoms with Crippen LogP contribution in [0.5, 0.6) is 0 Å². The molecule has 2 rings (SSSR count). The van der Waals surface area contributed by atoms with Gasteiger partial charge in [0, 0.05) is 12.1 Å². The Morgan fingerprint density at radius 3 is 2.74 bits per heavy atom. The van der Waals surface area contributed by atoms with Crippen LogP contribution in [-0.2, 0) is 0 Å². The SMILES string of the molecule is CC(C)CCNC(=O)c1ncoc1-c1ccccc1. The van der Waals surface area contributed by atoms with Gasteiger partial charge < -0.3 is 9.73 Å². The number of amides is 1. The number of nitrogens with one attached hydrogen (secondary N) is 1. The van der Waals surface area contributed by atoms with Crippen molar-refractivity contribution in [3.8, 4) is 11.3 Å². The van der Waals surface area contributed by atoms with Crippen LogP contribution in [0.3, 0.4) is 0 Å². The van der Waals surface area contributed by atoms with E-state index in [0.29, 0.717) is 23.9 Å². The van der Waals surface area contributed by atoms with Crippen LogP contribution in [0.15, 0.2) is 41.1 Å². The quantitative estimate of drug-likeness (QED) is 0.896. The van der Waals surface area contributed by atoms with E-state index in [4.69, 9.17) is 4.42 Å². The monoisotopic (exact) mass is 258 g/mol. The molecule has 0 aliphatic heterocycles. The lowest BCUT2D eigenvalue weighted by Crippen LogP contribution is -2.26. The van der Waals surface area contributed by atoms with Crippen LogP contribution in [0.25, 0.3) is 11.3 Å². The van der Waals surface area contributed by atoms with Gasteiger partial charge in [0.2, 0.25) is 0 Å². The fourth-order valence-electron chi connectivity index (χ4n) is 1.76. The molecule has 100 valence electrons. The summed E-state index contributed by atoms with van der Waals surface area (Å²) >= 11 is 0. The van der Waals surface area contributed by atoms with Crippen molar-refractivity contribution in [2.24, 2.45) is 5.92 Å². The number of carbonyl (C=O) groups excluding carboxylic acids is 1. The second-order valence-corrected chi connectivity index (χ2v) is 4.83. The van der Waals surface area contributed by atoms with E-state index >= 15 is 0 Å². The van der Waals surface area contributed by atoms with Crippen LogP contribution in [0.4, 0.5) is 0 Å². The summed E-state index contributed by atoms with van der Waals surface area (Å²) in [5.41, 5.74) is 1.20. The van der Waals surface area contributed by atoms with E-state index in [1.54, 1.807) is 0 Å². The number of oxazole rings is 1. The zero-order valence-electron chi connectivity index (χ0n) is 11.2. The van der Waals surface area contributed by atoms with Crippen molar-refractivity contribution in [3.63, 3.8) is 0 Å². The van der Waals surface area contributed by atoms with E-state index in [1.165, 1.54) is 6.39 Å². The lowest BCUT2D eigenvalue weighted by atomic mass is 10.1. The third kappa shape index (κ3) is 3.44. The fourth-order valence-corrected chi connectivity index (χ4v) is 1.76. The van der Waals surface area contributed by atoms with Gasteiger partial charge in [0.05, 0.1) is 0 Å². The average Bonchev–Trinajstić information content (AvgIpc) is 2.88. The van der Waals surface area contributed by atoms with Crippen molar-refractivity contribution in [1.82, 2.24) is 10.3 Å². The Bertz CT molecular complexity index is 532. The Kier molecular flexibility index (Phi) is 4.34. The van der Waals surface area contributed by atoms with Crippen LogP contribution in [0.2, 0.25) is 0 Å². The van der Waals surface area contributed by atoms with Gasteiger partial charge in [-0.2, -0.15) is 0 Å². The molecule has 0 saturated heterocycles. The van der Waals surface area contributed by atoms with Gasteiger partial charge in [0.15, 0.2) is 17.8 Å². The summed E-state index contributed by atoms with van der Waals surface area (Å²) in [6.07, 6.45) is 2.25. The van der Waals surface area contributed by atoms with E-state index in [2.05, 4.69) is 24.1 Å². The lowest BCUT2D eigenvalue weighted by molar-refractivity contribution is 0.0948. The van der Waals surface area contributed by atoms with Gasteiger partial charge in [0.25, 0.3) is 5.91 Å². The summed E-state index contributed by atoms with van der Waals surface area (Å²) in [4.78, 5) is 16.1. The molecular weight excluding hydrogens is 240 g/mol. The van der Waals surface area contributed by atoms with Crippen molar-refractivity contribution in [2.45, 2.75) is 20.3 Å². The van der Waals surface area contributed by atoms with Crippen LogP contribution in [0, 0.1) is 5.92 Å². The summed E-state index contributed by atoms with van der Waals surface area (Å²) in [6, 6.07) is 9.51. The van der Waals surface area contributed by atoms with Crippen molar-refractivity contribution in [1.29, 1.82) is 0 Å². The molecule has 19 heavy (non-hydrogen) atoms. The molecule has 0 fully saturated rings. The number of nitrogens with zero attached hydrogens (tertiary/aromatic N) is 1. The first-order chi connectivity index (χ1) is 9.18. The molecule has 4 nitrogen and oxygen atoms in total. The predicted octanol–water partition coefficient (Wildman–Crippen LogP) is 3.12. The molecule has 0 radical (unpaired) electrons. The molecular formula is C15H18N2O2. The van der Waals surface area contributed by atoms with Gasteiger partial charge in [-0.1, -0.05) is 44.2 Å². The van der Waals surface area contributed by atoms with Gasteiger partial charge in [-0.3, -0.25) is 4.79 Å². The molecule has 1 heterocycles. The molecule has 2 aromatic rings. The molecule has 1 aromatic carbocycles. The minimum atomic E-state index is -0.187. The molecule has 0 spiro atoms. The van der Waals surface area contributed by atoms with Crippen molar-refractivity contribution >= 4 is 5.91 Å². The maximum Gasteiger partial charge on any atom is 0.273 e. The Morgan fingerprint density at radius 2 is 2.05 bits per heavy atom. The highest BCUT2D eigenvalue weighted by Gasteiger charge is 2.17. The van der Waals surface area contributed by atoms with E-state index in [0.717, 1.165) is 12.0 Å². The maximum absolute atomic E-state index is 12.0. The normalized spacial score (nSPS) is 10.7. The molecule has 1 N–H and O–H groups in total. The van der Waals surface area contributed by atoms with Crippen LogP contribution in [-0.4, -0.2) is 17.4 Å². The minimum Gasteiger partial charge on any atom is -0.443 e. The summed E-state index contributed by atoms with van der Waals surface area (Å²) in [5, 5.41) is 2.87. The molecule has 0 bridgehead atoms. The number of carbonyl (C=O) groups is 1. The summed E-state index contributed by atoms with van der Waals surface area (Å²) in [5.74, 6) is 0.891. The van der Waals surface area contributed by atoms with Gasteiger partial charge in [-0.25, -0.2) is 4.98 Å². The molecule has 0 atom stereocenters. The summed E-state index contributed by atoms with van der Waals surface area (Å²) < 4.78 is 5.33. The Labute approximate surface area is 112 Å². The van der Waals surface area contributed by atoms with E-state index in [-0.39, 0.29) is 5.91 Å². The topological polar surface area (TPSA) is 55.1 Å². The second-order valence-electron chi connectivity index (χ2n) is 4.83. The Hall–Kier alpha value is -2.10. The highest BCUT2D eigenvalue weighted by Crippen LogP contribution is 2.22. The van der Waals surface area contributed by atoms with Gasteiger partial charge >= 0.3 is 0 Å². The number of hydrogen-bond acceptors (Lipinski definition) is 3. The van der Waals surface area contributed by atoms with Crippen LogP contribution >= 0.6 is 0 Å². The third-order valence-corrected chi connectivity index (χ3v) is 2.83. The molecule has 0 aliphatic rings. The smallest absolute Gasteiger partial charge is 0.273 e. The van der Waals surface area contributed by atoms with E-state index in [1.807, 2.05) is 30.3 Å². The van der Waals surface area contributed by atoms with Crippen molar-refractivity contribution < 1.29 is 9.21 Å². The first kappa shape index (κ1) is 13.3. The van der Waals surface area contributed by atoms with E-state index in [9.17, 15) is 4.79 Å². The van der Waals surface area contributed by atoms with Crippen LogP contribution < -0.4 is 5.32 Å². The van der Waals surface area contributed by atoms with Gasteiger partial charge in [-0.05, 0) is 12.3 Å². The molecule has 1 aromatic heterocycles. The first-order valence-corrected chi connectivity index (χ1v) is 6.45. The molecule has 0 aliphatic carbocycles. The lowest BCUT2D eigenvalue weighted by Gasteiger charge is -2.06. The zero-order chi connectivity index (χ0) is 13.7. The van der Waals surface area contributed by atoms with E-state index < -0.39 is 0 Å². The highest BCUT2D eigenvalue weighted by molar-refractivity contribution is 5.97. The summed E-state index contributed by atoms with van der Waals surface area (Å²) in [7, 11) is 0.